The molecule has 0 aliphatic heterocycles. The van der Waals surface area contributed by atoms with Crippen molar-refractivity contribution in [3.8, 4) is 17.7 Å². The number of pyridine rings is 1. The second-order valence-corrected chi connectivity index (χ2v) is 3.43. The summed E-state index contributed by atoms with van der Waals surface area (Å²) in [6.45, 7) is 0. The van der Waals surface area contributed by atoms with Gasteiger partial charge in [-0.3, -0.25) is 0 Å². The third-order valence-electron chi connectivity index (χ3n) is 1.91. The number of nitriles is 1. The zero-order valence-corrected chi connectivity index (χ0v) is 8.98. The van der Waals surface area contributed by atoms with Crippen LogP contribution in [0.4, 0.5) is 0 Å². The van der Waals surface area contributed by atoms with Crippen LogP contribution in [-0.4, -0.2) is 4.98 Å². The van der Waals surface area contributed by atoms with Gasteiger partial charge in [0.1, 0.15) is 5.75 Å². The number of rotatable bonds is 2. The number of hydrogen-bond donors (Lipinski definition) is 0. The van der Waals surface area contributed by atoms with E-state index in [1.165, 1.54) is 0 Å². The molecule has 0 fully saturated rings. The van der Waals surface area contributed by atoms with Gasteiger partial charge in [0.05, 0.1) is 16.7 Å². The second kappa shape index (κ2) is 4.65. The number of nitrogens with zero attached hydrogens (tertiary/aromatic N) is 2. The van der Waals surface area contributed by atoms with Crippen LogP contribution in [0.25, 0.3) is 0 Å². The van der Waals surface area contributed by atoms with Gasteiger partial charge in [-0.05, 0) is 24.3 Å². The van der Waals surface area contributed by atoms with E-state index < -0.39 is 0 Å². The molecule has 0 spiro atoms. The summed E-state index contributed by atoms with van der Waals surface area (Å²) in [5.74, 6) is 0.952. The molecule has 0 aliphatic carbocycles. The molecule has 0 amide bonds. The van der Waals surface area contributed by atoms with Gasteiger partial charge in [0, 0.05) is 12.3 Å². The molecule has 0 saturated heterocycles. The van der Waals surface area contributed by atoms with Gasteiger partial charge in [-0.15, -0.1) is 0 Å². The average molecular weight is 231 g/mol. The number of hydrogen-bond acceptors (Lipinski definition) is 3. The van der Waals surface area contributed by atoms with Crippen molar-refractivity contribution in [3.63, 3.8) is 0 Å². The molecule has 0 saturated carbocycles. The molecule has 2 aromatic rings. The van der Waals surface area contributed by atoms with Gasteiger partial charge < -0.3 is 4.74 Å². The van der Waals surface area contributed by atoms with Crippen molar-refractivity contribution in [2.24, 2.45) is 0 Å². The highest BCUT2D eigenvalue weighted by molar-refractivity contribution is 6.32. The summed E-state index contributed by atoms with van der Waals surface area (Å²) < 4.78 is 5.46. The monoisotopic (exact) mass is 230 g/mol. The highest BCUT2D eigenvalue weighted by Crippen LogP contribution is 2.28. The largest absolute Gasteiger partial charge is 0.437 e. The summed E-state index contributed by atoms with van der Waals surface area (Å²) in [5, 5.41) is 9.07. The lowest BCUT2D eigenvalue weighted by Gasteiger charge is -2.05. The SMILES string of the molecule is N#Cc1ccc(Oc2ccccn2)c(Cl)c1. The predicted octanol–water partition coefficient (Wildman–Crippen LogP) is 3.40. The third-order valence-corrected chi connectivity index (χ3v) is 2.21. The van der Waals surface area contributed by atoms with E-state index in [0.29, 0.717) is 22.2 Å². The molecular formula is C12H7ClN2O. The predicted molar refractivity (Wildman–Crippen MR) is 60.5 cm³/mol. The van der Waals surface area contributed by atoms with Crippen molar-refractivity contribution in [3.05, 3.63) is 53.2 Å². The van der Waals surface area contributed by atoms with Crippen LogP contribution in [0.15, 0.2) is 42.6 Å². The average Bonchev–Trinajstić information content (AvgIpc) is 2.33. The van der Waals surface area contributed by atoms with Gasteiger partial charge in [-0.2, -0.15) is 5.26 Å². The Balaban J connectivity index is 2.27. The fourth-order valence-electron chi connectivity index (χ4n) is 1.17. The maximum Gasteiger partial charge on any atom is 0.219 e. The van der Waals surface area contributed by atoms with Crippen LogP contribution in [-0.2, 0) is 0 Å². The second-order valence-electron chi connectivity index (χ2n) is 3.03. The molecule has 78 valence electrons. The standard InChI is InChI=1S/C12H7ClN2O/c13-10-7-9(8-14)4-5-11(10)16-12-3-1-2-6-15-12/h1-7H. The molecule has 0 N–H and O–H groups in total. The summed E-state index contributed by atoms with van der Waals surface area (Å²) in [6, 6.07) is 12.2. The highest BCUT2D eigenvalue weighted by Gasteiger charge is 2.04. The van der Waals surface area contributed by atoms with Gasteiger partial charge >= 0.3 is 0 Å². The summed E-state index contributed by atoms with van der Waals surface area (Å²) in [7, 11) is 0. The molecule has 0 bridgehead atoms. The van der Waals surface area contributed by atoms with Crippen LogP contribution in [0.5, 0.6) is 11.6 Å². The summed E-state index contributed by atoms with van der Waals surface area (Å²) in [5.41, 5.74) is 0.498. The number of aromatic nitrogens is 1. The lowest BCUT2D eigenvalue weighted by atomic mass is 10.2. The molecule has 1 aromatic heterocycles. The smallest absolute Gasteiger partial charge is 0.219 e. The minimum absolute atomic E-state index is 0.393. The Hall–Kier alpha value is -2.05. The van der Waals surface area contributed by atoms with Crippen LogP contribution in [0.2, 0.25) is 5.02 Å². The summed E-state index contributed by atoms with van der Waals surface area (Å²) >= 11 is 5.95. The molecule has 1 aromatic carbocycles. The van der Waals surface area contributed by atoms with E-state index in [0.717, 1.165) is 0 Å². The number of benzene rings is 1. The molecule has 16 heavy (non-hydrogen) atoms. The first-order valence-electron chi connectivity index (χ1n) is 4.58. The van der Waals surface area contributed by atoms with Crippen LogP contribution in [0, 0.1) is 11.3 Å². The van der Waals surface area contributed by atoms with Crippen LogP contribution in [0.1, 0.15) is 5.56 Å². The van der Waals surface area contributed by atoms with Crippen molar-refractivity contribution in [1.29, 1.82) is 5.26 Å². The van der Waals surface area contributed by atoms with Crippen molar-refractivity contribution < 1.29 is 4.74 Å². The number of ether oxygens (including phenoxy) is 1. The van der Waals surface area contributed by atoms with E-state index in [9.17, 15) is 0 Å². The van der Waals surface area contributed by atoms with Crippen molar-refractivity contribution in [2.75, 3.05) is 0 Å². The Kier molecular flexibility index (Phi) is 3.04. The molecule has 2 rings (SSSR count). The number of halogens is 1. The van der Waals surface area contributed by atoms with Crippen LogP contribution < -0.4 is 4.74 Å². The zero-order chi connectivity index (χ0) is 11.4. The molecule has 0 atom stereocenters. The Labute approximate surface area is 97.9 Å². The molecule has 0 aliphatic rings. The Morgan fingerprint density at radius 3 is 2.75 bits per heavy atom. The Morgan fingerprint density at radius 1 is 1.25 bits per heavy atom. The van der Waals surface area contributed by atoms with Gasteiger partial charge in [0.2, 0.25) is 5.88 Å². The Morgan fingerprint density at radius 2 is 2.12 bits per heavy atom. The lowest BCUT2D eigenvalue weighted by molar-refractivity contribution is 0.463. The van der Waals surface area contributed by atoms with Gasteiger partial charge in [0.15, 0.2) is 0 Å². The van der Waals surface area contributed by atoms with Crippen molar-refractivity contribution in [2.45, 2.75) is 0 Å². The fourth-order valence-corrected chi connectivity index (χ4v) is 1.39. The molecule has 0 radical (unpaired) electrons. The minimum Gasteiger partial charge on any atom is -0.437 e. The molecule has 4 heteroatoms. The molecular weight excluding hydrogens is 224 g/mol. The molecule has 1 heterocycles. The quantitative estimate of drug-likeness (QED) is 0.794. The van der Waals surface area contributed by atoms with Gasteiger partial charge in [-0.25, -0.2) is 4.98 Å². The van der Waals surface area contributed by atoms with E-state index in [4.69, 9.17) is 21.6 Å². The minimum atomic E-state index is 0.393. The summed E-state index contributed by atoms with van der Waals surface area (Å²) in [4.78, 5) is 4.01. The normalized spacial score (nSPS) is 9.50. The van der Waals surface area contributed by atoms with E-state index in [-0.39, 0.29) is 0 Å². The molecule has 3 nitrogen and oxygen atoms in total. The fraction of sp³-hybridized carbons (Fsp3) is 0. The maximum atomic E-state index is 8.68. The Bertz CT molecular complexity index is 534. The first-order chi connectivity index (χ1) is 7.79. The lowest BCUT2D eigenvalue weighted by Crippen LogP contribution is -1.88. The van der Waals surface area contributed by atoms with Crippen molar-refractivity contribution >= 4 is 11.6 Å². The molecule has 0 unspecified atom stereocenters. The first-order valence-corrected chi connectivity index (χ1v) is 4.96. The van der Waals surface area contributed by atoms with Crippen LogP contribution >= 0.6 is 11.6 Å². The maximum absolute atomic E-state index is 8.68. The summed E-state index contributed by atoms with van der Waals surface area (Å²) in [6.07, 6.45) is 1.63. The van der Waals surface area contributed by atoms with E-state index in [1.54, 1.807) is 36.5 Å². The van der Waals surface area contributed by atoms with Gasteiger partial charge in [-0.1, -0.05) is 17.7 Å². The first kappa shape index (κ1) is 10.5. The van der Waals surface area contributed by atoms with E-state index in [1.807, 2.05) is 12.1 Å². The van der Waals surface area contributed by atoms with E-state index >= 15 is 0 Å². The zero-order valence-electron chi connectivity index (χ0n) is 8.22. The van der Waals surface area contributed by atoms with Crippen LogP contribution in [0.3, 0.4) is 0 Å². The van der Waals surface area contributed by atoms with Gasteiger partial charge in [0.25, 0.3) is 0 Å². The third kappa shape index (κ3) is 2.30. The van der Waals surface area contributed by atoms with Crippen molar-refractivity contribution in [1.82, 2.24) is 4.98 Å². The van der Waals surface area contributed by atoms with E-state index in [2.05, 4.69) is 4.98 Å². The topological polar surface area (TPSA) is 45.9 Å². The highest BCUT2D eigenvalue weighted by atomic mass is 35.5.